The van der Waals surface area contributed by atoms with Crippen LogP contribution < -0.4 is 0 Å². The third-order valence-corrected chi connectivity index (χ3v) is 7.09. The number of aliphatic hydroxyl groups excluding tert-OH is 3. The monoisotopic (exact) mass is 524 g/mol. The standard InChI is InChI=1S/C25H32O12/c1-13(18(35-15(3)27)14(2)11-16-7-5-4-6-8-16)9-10-23-19(28)20(29)25(37-23,22(32)33)24(34,21(30)31)17(12-26)36-23/h4-8,14,17-20,26,28-29,34H,1,9-12H2,2-3H3,(H,30,31)(H,32,33). The quantitative estimate of drug-likeness (QED) is 0.162. The third-order valence-electron chi connectivity index (χ3n) is 7.09. The lowest BCUT2D eigenvalue weighted by atomic mass is 9.75. The Morgan fingerprint density at radius 3 is 2.24 bits per heavy atom. The number of esters is 1. The molecule has 12 nitrogen and oxygen atoms in total. The number of carboxylic acids is 2. The Labute approximate surface area is 212 Å². The minimum absolute atomic E-state index is 0.0831. The Kier molecular flexibility index (Phi) is 8.13. The van der Waals surface area contributed by atoms with E-state index in [1.54, 1.807) is 0 Å². The molecule has 2 heterocycles. The Balaban J connectivity index is 1.89. The van der Waals surface area contributed by atoms with Gasteiger partial charge in [0, 0.05) is 19.3 Å². The van der Waals surface area contributed by atoms with Gasteiger partial charge in [-0.05, 0) is 24.0 Å². The molecule has 12 heteroatoms. The van der Waals surface area contributed by atoms with Gasteiger partial charge in [-0.3, -0.25) is 4.79 Å². The van der Waals surface area contributed by atoms with E-state index in [2.05, 4.69) is 6.58 Å². The average molecular weight is 525 g/mol. The molecule has 204 valence electrons. The van der Waals surface area contributed by atoms with E-state index in [0.29, 0.717) is 12.0 Å². The molecule has 0 spiro atoms. The summed E-state index contributed by atoms with van der Waals surface area (Å²) in [6.45, 7) is 5.90. The van der Waals surface area contributed by atoms with Crippen LogP contribution >= 0.6 is 0 Å². The topological polar surface area (TPSA) is 200 Å². The highest BCUT2D eigenvalue weighted by Crippen LogP contribution is 2.54. The summed E-state index contributed by atoms with van der Waals surface area (Å²) >= 11 is 0. The van der Waals surface area contributed by atoms with Crippen molar-refractivity contribution in [2.45, 2.75) is 74.5 Å². The molecule has 2 saturated heterocycles. The maximum atomic E-state index is 12.2. The molecule has 6 N–H and O–H groups in total. The van der Waals surface area contributed by atoms with Crippen molar-refractivity contribution in [3.63, 3.8) is 0 Å². The largest absolute Gasteiger partial charge is 0.479 e. The molecule has 0 amide bonds. The molecule has 2 aliphatic rings. The Morgan fingerprint density at radius 2 is 1.73 bits per heavy atom. The van der Waals surface area contributed by atoms with Crippen molar-refractivity contribution in [1.82, 2.24) is 0 Å². The van der Waals surface area contributed by atoms with Crippen LogP contribution in [-0.2, 0) is 35.0 Å². The predicted octanol–water partition coefficient (Wildman–Crippen LogP) is -0.388. The van der Waals surface area contributed by atoms with Crippen molar-refractivity contribution in [2.75, 3.05) is 6.61 Å². The number of benzene rings is 1. The lowest BCUT2D eigenvalue weighted by Gasteiger charge is -2.49. The van der Waals surface area contributed by atoms with Gasteiger partial charge in [-0.1, -0.05) is 43.8 Å². The number of hydrogen-bond donors (Lipinski definition) is 6. The Bertz CT molecular complexity index is 1040. The molecular formula is C25H32O12. The van der Waals surface area contributed by atoms with Crippen molar-refractivity contribution in [2.24, 2.45) is 5.92 Å². The number of aliphatic hydroxyl groups is 4. The van der Waals surface area contributed by atoms with Gasteiger partial charge < -0.3 is 44.8 Å². The number of carbonyl (C=O) groups excluding carboxylic acids is 1. The third kappa shape index (κ3) is 4.65. The van der Waals surface area contributed by atoms with E-state index in [9.17, 15) is 45.0 Å². The van der Waals surface area contributed by atoms with Gasteiger partial charge in [0.05, 0.1) is 6.61 Å². The molecule has 2 bridgehead atoms. The normalized spacial score (nSPS) is 34.4. The van der Waals surface area contributed by atoms with Crippen molar-refractivity contribution >= 4 is 17.9 Å². The van der Waals surface area contributed by atoms with Gasteiger partial charge in [-0.25, -0.2) is 9.59 Å². The molecule has 0 saturated carbocycles. The number of carbonyl (C=O) groups is 3. The van der Waals surface area contributed by atoms with Crippen LogP contribution in [0.15, 0.2) is 42.5 Å². The first-order valence-electron chi connectivity index (χ1n) is 11.7. The summed E-state index contributed by atoms with van der Waals surface area (Å²) in [7, 11) is 0. The number of aliphatic carboxylic acids is 2. The van der Waals surface area contributed by atoms with Crippen LogP contribution in [0.2, 0.25) is 0 Å². The molecule has 37 heavy (non-hydrogen) atoms. The summed E-state index contributed by atoms with van der Waals surface area (Å²) < 4.78 is 16.4. The SMILES string of the molecule is C=C(CCC12OC(CO)C(O)(C(=O)O)C(C(=O)O)(O1)C(O)C2O)C(OC(C)=O)C(C)Cc1ccccc1. The summed E-state index contributed by atoms with van der Waals surface area (Å²) in [6.07, 6.45) is -7.35. The molecule has 0 aliphatic carbocycles. The van der Waals surface area contributed by atoms with E-state index >= 15 is 0 Å². The van der Waals surface area contributed by atoms with E-state index in [1.165, 1.54) is 6.92 Å². The molecule has 1 aromatic rings. The van der Waals surface area contributed by atoms with Crippen LogP contribution in [0.1, 0.15) is 32.3 Å². The summed E-state index contributed by atoms with van der Waals surface area (Å²) in [5, 5.41) is 61.6. The van der Waals surface area contributed by atoms with E-state index < -0.39 is 65.9 Å². The van der Waals surface area contributed by atoms with Crippen LogP contribution in [0.5, 0.6) is 0 Å². The fourth-order valence-corrected chi connectivity index (χ4v) is 5.23. The van der Waals surface area contributed by atoms with Crippen molar-refractivity contribution in [1.29, 1.82) is 0 Å². The van der Waals surface area contributed by atoms with Gasteiger partial charge in [-0.15, -0.1) is 0 Å². The lowest BCUT2D eigenvalue weighted by molar-refractivity contribution is -0.382. The first-order chi connectivity index (χ1) is 17.3. The van der Waals surface area contributed by atoms with Gasteiger partial charge in [0.25, 0.3) is 0 Å². The van der Waals surface area contributed by atoms with E-state index in [4.69, 9.17) is 14.2 Å². The summed E-state index contributed by atoms with van der Waals surface area (Å²) in [4.78, 5) is 36.0. The van der Waals surface area contributed by atoms with Crippen LogP contribution in [0.4, 0.5) is 0 Å². The number of ether oxygens (including phenoxy) is 3. The second-order valence-corrected chi connectivity index (χ2v) is 9.56. The predicted molar refractivity (Wildman–Crippen MR) is 124 cm³/mol. The number of rotatable bonds is 11. The second-order valence-electron chi connectivity index (χ2n) is 9.56. The number of hydrogen-bond acceptors (Lipinski definition) is 10. The molecule has 2 fully saturated rings. The highest BCUT2D eigenvalue weighted by atomic mass is 16.8. The minimum atomic E-state index is -3.44. The van der Waals surface area contributed by atoms with Gasteiger partial charge >= 0.3 is 17.9 Å². The lowest BCUT2D eigenvalue weighted by Crippen LogP contribution is -2.77. The number of carboxylic acid groups (broad SMARTS) is 2. The molecule has 8 unspecified atom stereocenters. The average Bonchev–Trinajstić information content (AvgIpc) is 3.04. The first kappa shape index (κ1) is 28.7. The van der Waals surface area contributed by atoms with E-state index in [-0.39, 0.29) is 18.8 Å². The minimum Gasteiger partial charge on any atom is -0.479 e. The highest BCUT2D eigenvalue weighted by molar-refractivity contribution is 5.93. The molecule has 0 radical (unpaired) electrons. The van der Waals surface area contributed by atoms with E-state index in [0.717, 1.165) is 5.56 Å². The molecular weight excluding hydrogens is 492 g/mol. The number of fused-ring (bicyclic) bond motifs is 2. The maximum absolute atomic E-state index is 12.2. The van der Waals surface area contributed by atoms with Crippen molar-refractivity contribution < 1.29 is 59.2 Å². The van der Waals surface area contributed by atoms with E-state index in [1.807, 2.05) is 37.3 Å². The van der Waals surface area contributed by atoms with Crippen molar-refractivity contribution in [3.8, 4) is 0 Å². The Hall–Kier alpha value is -2.87. The summed E-state index contributed by atoms with van der Waals surface area (Å²) in [5.74, 6) is -7.34. The molecule has 3 rings (SSSR count). The maximum Gasteiger partial charge on any atom is 0.342 e. The fraction of sp³-hybridized carbons (Fsp3) is 0.560. The van der Waals surface area contributed by atoms with Crippen molar-refractivity contribution in [3.05, 3.63) is 48.0 Å². The summed E-state index contributed by atoms with van der Waals surface area (Å²) in [6, 6.07) is 9.42. The molecule has 0 aromatic heterocycles. The van der Waals surface area contributed by atoms with Crippen LogP contribution in [0, 0.1) is 5.92 Å². The molecule has 8 atom stereocenters. The van der Waals surface area contributed by atoms with Gasteiger partial charge in [-0.2, -0.15) is 0 Å². The van der Waals surface area contributed by atoms with Gasteiger partial charge in [0.1, 0.15) is 24.4 Å². The Morgan fingerprint density at radius 1 is 1.11 bits per heavy atom. The van der Waals surface area contributed by atoms with Gasteiger partial charge in [0.2, 0.25) is 11.2 Å². The molecule has 1 aromatic carbocycles. The van der Waals surface area contributed by atoms with Gasteiger partial charge in [0.15, 0.2) is 5.79 Å². The fourth-order valence-electron chi connectivity index (χ4n) is 5.23. The zero-order valence-corrected chi connectivity index (χ0v) is 20.4. The second kappa shape index (κ2) is 10.5. The smallest absolute Gasteiger partial charge is 0.342 e. The summed E-state index contributed by atoms with van der Waals surface area (Å²) in [5.41, 5.74) is -5.34. The zero-order valence-electron chi connectivity index (χ0n) is 20.4. The van der Waals surface area contributed by atoms with Crippen LogP contribution in [-0.4, -0.2) is 96.6 Å². The first-order valence-corrected chi connectivity index (χ1v) is 11.7. The van der Waals surface area contributed by atoms with Crippen LogP contribution in [0.25, 0.3) is 0 Å². The molecule has 2 aliphatic heterocycles. The zero-order chi connectivity index (χ0) is 27.8. The van der Waals surface area contributed by atoms with Crippen LogP contribution in [0.3, 0.4) is 0 Å². The highest BCUT2D eigenvalue weighted by Gasteiger charge is 2.83.